The molecule has 3 aromatic rings. The molecule has 4 heterocycles. The van der Waals surface area contributed by atoms with E-state index in [1.165, 1.54) is 18.4 Å². The summed E-state index contributed by atoms with van der Waals surface area (Å²) in [5.41, 5.74) is 4.28. The zero-order chi connectivity index (χ0) is 23.5. The third-order valence-corrected chi connectivity index (χ3v) is 5.25. The summed E-state index contributed by atoms with van der Waals surface area (Å²) in [5, 5.41) is 22.5. The average Bonchev–Trinajstić information content (AvgIpc) is 3.47. The van der Waals surface area contributed by atoms with Crippen LogP contribution in [0.1, 0.15) is 24.0 Å². The first-order valence-electron chi connectivity index (χ1n) is 11.0. The largest absolute Gasteiger partial charge is 0.465 e. The number of amides is 1. The number of rotatable bonds is 4. The molecule has 1 amide bonds. The Morgan fingerprint density at radius 2 is 2.00 bits per heavy atom. The van der Waals surface area contributed by atoms with Crippen LogP contribution >= 0.6 is 0 Å². The van der Waals surface area contributed by atoms with Gasteiger partial charge in [-0.3, -0.25) is 4.98 Å². The lowest BCUT2D eigenvalue weighted by Gasteiger charge is -2.33. The quantitative estimate of drug-likeness (QED) is 0.475. The highest BCUT2D eigenvalue weighted by Crippen LogP contribution is 2.20. The number of benzene rings is 1. The molecular weight excluding hydrogens is 422 g/mol. The highest BCUT2D eigenvalue weighted by Gasteiger charge is 2.14. The Balaban J connectivity index is 0.000000151. The van der Waals surface area contributed by atoms with Crippen molar-refractivity contribution >= 4 is 11.8 Å². The van der Waals surface area contributed by atoms with Crippen LogP contribution < -0.4 is 15.5 Å². The van der Waals surface area contributed by atoms with E-state index in [0.717, 1.165) is 55.2 Å². The standard InChI is InChI=1S/C10H13N3O2.C10H9NO.C4H9NO/c14-10(15)12-6-8-4-9(7-11-5-8)13-2-1-3-13;1-8-2-4-9(5-3-8)10-6-11-7-12-10;6-4-1-2-5-3-4/h4-5,7,12H,1-3,6H2,(H,14,15);2-7H,1H3;4-6H,1-3H2. The fourth-order valence-corrected chi connectivity index (χ4v) is 3.21. The molecule has 9 heteroatoms. The maximum Gasteiger partial charge on any atom is 0.404 e. The SMILES string of the molecule is Cc1ccc(-c2cnco2)cc1.O=C(O)NCc1cncc(N2CCC2)c1.OC1CCNC1. The van der Waals surface area contributed by atoms with Gasteiger partial charge in [0.1, 0.15) is 0 Å². The van der Waals surface area contributed by atoms with Crippen LogP contribution in [0.25, 0.3) is 11.3 Å². The second-order valence-electron chi connectivity index (χ2n) is 7.93. The van der Waals surface area contributed by atoms with Gasteiger partial charge in [-0.25, -0.2) is 9.78 Å². The Labute approximate surface area is 193 Å². The minimum absolute atomic E-state index is 0.0648. The Morgan fingerprint density at radius 1 is 1.21 bits per heavy atom. The minimum Gasteiger partial charge on any atom is -0.465 e. The van der Waals surface area contributed by atoms with E-state index in [9.17, 15) is 4.79 Å². The van der Waals surface area contributed by atoms with Gasteiger partial charge in [-0.15, -0.1) is 0 Å². The molecular formula is C24H31N5O4. The molecule has 0 aliphatic carbocycles. The number of aliphatic hydroxyl groups is 1. The molecule has 2 aromatic heterocycles. The van der Waals surface area contributed by atoms with E-state index in [-0.39, 0.29) is 6.10 Å². The van der Waals surface area contributed by atoms with Crippen molar-refractivity contribution in [2.24, 2.45) is 0 Å². The Bertz CT molecular complexity index is 969. The number of aryl methyl sites for hydroxylation is 1. The van der Waals surface area contributed by atoms with Gasteiger partial charge in [-0.1, -0.05) is 29.8 Å². The predicted octanol–water partition coefficient (Wildman–Crippen LogP) is 3.05. The number of anilines is 1. The van der Waals surface area contributed by atoms with Gasteiger partial charge in [-0.05, 0) is 37.9 Å². The van der Waals surface area contributed by atoms with E-state index in [0.29, 0.717) is 6.54 Å². The molecule has 1 aromatic carbocycles. The van der Waals surface area contributed by atoms with Crippen molar-refractivity contribution in [2.75, 3.05) is 31.1 Å². The number of hydrogen-bond acceptors (Lipinski definition) is 7. The molecule has 5 rings (SSSR count). The summed E-state index contributed by atoms with van der Waals surface area (Å²) in [6.45, 7) is 6.28. The highest BCUT2D eigenvalue weighted by molar-refractivity contribution is 5.64. The highest BCUT2D eigenvalue weighted by atomic mass is 16.4. The van der Waals surface area contributed by atoms with Gasteiger partial charge in [0.15, 0.2) is 12.2 Å². The van der Waals surface area contributed by atoms with Gasteiger partial charge in [0.2, 0.25) is 0 Å². The molecule has 2 aliphatic rings. The van der Waals surface area contributed by atoms with Crippen LogP contribution in [0.3, 0.4) is 0 Å². The number of carbonyl (C=O) groups is 1. The van der Waals surface area contributed by atoms with Crippen molar-refractivity contribution in [3.05, 3.63) is 66.4 Å². The monoisotopic (exact) mass is 453 g/mol. The summed E-state index contributed by atoms with van der Waals surface area (Å²) < 4.78 is 5.15. The first kappa shape index (κ1) is 24.2. The van der Waals surface area contributed by atoms with Gasteiger partial charge in [0.05, 0.1) is 24.2 Å². The number of β-amino-alcohol motifs (C(OH)–C–C–N with tert-alkyl or cyclic N) is 1. The Hall–Kier alpha value is -3.43. The Kier molecular flexibility index (Phi) is 9.22. The molecule has 4 N–H and O–H groups in total. The van der Waals surface area contributed by atoms with E-state index in [2.05, 4.69) is 44.6 Å². The molecule has 2 aliphatic heterocycles. The summed E-state index contributed by atoms with van der Waals surface area (Å²) >= 11 is 0. The Morgan fingerprint density at radius 3 is 2.52 bits per heavy atom. The van der Waals surface area contributed by atoms with Crippen molar-refractivity contribution in [1.82, 2.24) is 20.6 Å². The van der Waals surface area contributed by atoms with Gasteiger partial charge >= 0.3 is 6.09 Å². The van der Waals surface area contributed by atoms with Crippen LogP contribution in [0.15, 0.2) is 59.7 Å². The average molecular weight is 454 g/mol. The van der Waals surface area contributed by atoms with Crippen molar-refractivity contribution in [1.29, 1.82) is 0 Å². The van der Waals surface area contributed by atoms with Gasteiger partial charge in [0, 0.05) is 37.9 Å². The van der Waals surface area contributed by atoms with E-state index in [1.807, 2.05) is 24.4 Å². The van der Waals surface area contributed by atoms with Gasteiger partial charge in [0.25, 0.3) is 0 Å². The van der Waals surface area contributed by atoms with Crippen molar-refractivity contribution in [3.63, 3.8) is 0 Å². The van der Waals surface area contributed by atoms with Gasteiger partial charge in [-0.2, -0.15) is 0 Å². The molecule has 0 bridgehead atoms. The zero-order valence-electron chi connectivity index (χ0n) is 18.8. The number of hydrogen-bond donors (Lipinski definition) is 4. The summed E-state index contributed by atoms with van der Waals surface area (Å²) in [6, 6.07) is 10.1. The molecule has 0 spiro atoms. The topological polar surface area (TPSA) is 124 Å². The van der Waals surface area contributed by atoms with E-state index in [4.69, 9.17) is 14.6 Å². The summed E-state index contributed by atoms with van der Waals surface area (Å²) in [4.78, 5) is 20.5. The van der Waals surface area contributed by atoms with E-state index < -0.39 is 6.09 Å². The van der Waals surface area contributed by atoms with Gasteiger partial charge < -0.3 is 30.2 Å². The molecule has 2 fully saturated rings. The number of nitrogens with zero attached hydrogens (tertiary/aromatic N) is 3. The maximum absolute atomic E-state index is 10.3. The normalized spacial score (nSPS) is 16.5. The van der Waals surface area contributed by atoms with Crippen LogP contribution in [0.5, 0.6) is 0 Å². The second-order valence-corrected chi connectivity index (χ2v) is 7.93. The lowest BCUT2D eigenvalue weighted by molar-refractivity contribution is 0.193. The zero-order valence-corrected chi connectivity index (χ0v) is 18.8. The van der Waals surface area contributed by atoms with Crippen LogP contribution in [0.2, 0.25) is 0 Å². The molecule has 2 saturated heterocycles. The summed E-state index contributed by atoms with van der Waals surface area (Å²) in [5.74, 6) is 0.815. The van der Waals surface area contributed by atoms with E-state index in [1.54, 1.807) is 12.4 Å². The second kappa shape index (κ2) is 12.6. The molecule has 176 valence electrons. The molecule has 33 heavy (non-hydrogen) atoms. The smallest absolute Gasteiger partial charge is 0.404 e. The van der Waals surface area contributed by atoms with Crippen LogP contribution in [-0.2, 0) is 6.54 Å². The fourth-order valence-electron chi connectivity index (χ4n) is 3.21. The first-order chi connectivity index (χ1) is 16.0. The summed E-state index contributed by atoms with van der Waals surface area (Å²) in [7, 11) is 0. The fraction of sp³-hybridized carbons (Fsp3) is 0.375. The molecule has 0 radical (unpaired) electrons. The molecule has 1 atom stereocenters. The summed E-state index contributed by atoms with van der Waals surface area (Å²) in [6.07, 6.45) is 7.72. The maximum atomic E-state index is 10.3. The van der Waals surface area contributed by atoms with Crippen molar-refractivity contribution in [3.8, 4) is 11.3 Å². The molecule has 0 saturated carbocycles. The van der Waals surface area contributed by atoms with Crippen molar-refractivity contribution in [2.45, 2.75) is 32.4 Å². The lowest BCUT2D eigenvalue weighted by atomic mass is 10.1. The number of pyridine rings is 1. The third-order valence-electron chi connectivity index (χ3n) is 5.25. The van der Waals surface area contributed by atoms with Crippen LogP contribution in [0, 0.1) is 6.92 Å². The van der Waals surface area contributed by atoms with Crippen LogP contribution in [0.4, 0.5) is 10.5 Å². The predicted molar refractivity (Wildman–Crippen MR) is 126 cm³/mol. The van der Waals surface area contributed by atoms with E-state index >= 15 is 0 Å². The molecule has 9 nitrogen and oxygen atoms in total. The molecule has 1 unspecified atom stereocenters. The van der Waals surface area contributed by atoms with Crippen molar-refractivity contribution < 1.29 is 19.4 Å². The number of aliphatic hydroxyl groups excluding tert-OH is 1. The first-order valence-corrected chi connectivity index (χ1v) is 11.0. The number of aromatic nitrogens is 2. The minimum atomic E-state index is -1.01. The van der Waals surface area contributed by atoms with Crippen LogP contribution in [-0.4, -0.2) is 58.6 Å². The third kappa shape index (κ3) is 8.21. The lowest BCUT2D eigenvalue weighted by Crippen LogP contribution is -2.37. The number of carboxylic acid groups (broad SMARTS) is 1. The number of nitrogens with one attached hydrogen (secondary N) is 2. The number of oxazole rings is 1.